The molecule has 67 heavy (non-hydrogen) atoms. The van der Waals surface area contributed by atoms with Crippen molar-refractivity contribution >= 4 is 6.09 Å². The van der Waals surface area contributed by atoms with Crippen molar-refractivity contribution in [1.82, 2.24) is 5.32 Å². The highest BCUT2D eigenvalue weighted by Crippen LogP contribution is 2.33. The second kappa shape index (κ2) is 30.9. The van der Waals surface area contributed by atoms with Crippen LogP contribution in [0.25, 0.3) is 0 Å². The Hall–Kier alpha value is -4.35. The highest BCUT2D eigenvalue weighted by atomic mass is 16.6. The minimum Gasteiger partial charge on any atom is -0.444 e. The average molecular weight is 920 g/mol. The van der Waals surface area contributed by atoms with Crippen LogP contribution in [0.5, 0.6) is 0 Å². The van der Waals surface area contributed by atoms with Gasteiger partial charge in [-0.05, 0) is 68.7 Å². The normalized spacial score (nSPS) is 19.6. The van der Waals surface area contributed by atoms with Crippen LogP contribution >= 0.6 is 0 Å². The lowest BCUT2D eigenvalue weighted by molar-refractivity contribution is -0.273. The summed E-state index contributed by atoms with van der Waals surface area (Å²) in [5.41, 5.74) is 3.41. The van der Waals surface area contributed by atoms with E-state index in [1.807, 2.05) is 142 Å². The van der Waals surface area contributed by atoms with Crippen molar-refractivity contribution in [2.24, 2.45) is 0 Å². The molecule has 1 saturated heterocycles. The molecule has 9 nitrogen and oxygen atoms in total. The number of allylic oxidation sites excluding steroid dienone is 1. The summed E-state index contributed by atoms with van der Waals surface area (Å²) in [6.07, 6.45) is 15.3. The van der Waals surface area contributed by atoms with Gasteiger partial charge in [0.15, 0.2) is 0 Å². The molecule has 0 bridgehead atoms. The molecule has 5 rings (SSSR count). The number of benzene rings is 4. The summed E-state index contributed by atoms with van der Waals surface area (Å²) in [4.78, 5) is 13.4. The number of aliphatic hydroxyl groups is 1. The number of hydrogen-bond donors (Lipinski definition) is 2. The zero-order valence-corrected chi connectivity index (χ0v) is 41.0. The van der Waals surface area contributed by atoms with E-state index in [-0.39, 0.29) is 6.61 Å². The standard InChI is InChI=1S/C58H81NO8/c1-5-6-7-8-9-10-11-12-13-14-15-16-29-38-51(60)50(59-57(61)67-58(2,3)4)39-40-52-54(63-42-47-32-23-18-24-33-47)56(65-44-49-36-27-20-28-37-49)55(64-43-48-34-25-19-26-35-48)53(66-52)45-62-41-46-30-21-17-22-31-46/h17-38,50-56,60H,5-16,39-45H2,1-4H3,(H,59,61)/b38-29+/t50-,51+,52-,53+,54-,55-,56+/m0/s1. The number of carbonyl (C=O) groups excluding carboxylic acids is 1. The third kappa shape index (κ3) is 21.2. The van der Waals surface area contributed by atoms with Crippen LogP contribution in [0.15, 0.2) is 133 Å². The number of rotatable bonds is 31. The van der Waals surface area contributed by atoms with E-state index < -0.39 is 54.4 Å². The lowest BCUT2D eigenvalue weighted by atomic mass is 9.90. The van der Waals surface area contributed by atoms with Gasteiger partial charge in [-0.2, -0.15) is 0 Å². The molecule has 0 aromatic heterocycles. The molecule has 1 aliphatic heterocycles. The van der Waals surface area contributed by atoms with E-state index in [9.17, 15) is 9.90 Å². The maximum absolute atomic E-state index is 13.4. The van der Waals surface area contributed by atoms with E-state index in [1.54, 1.807) is 0 Å². The number of nitrogens with one attached hydrogen (secondary N) is 1. The van der Waals surface area contributed by atoms with Crippen LogP contribution in [0, 0.1) is 0 Å². The van der Waals surface area contributed by atoms with Gasteiger partial charge in [-0.25, -0.2) is 4.79 Å². The van der Waals surface area contributed by atoms with Gasteiger partial charge in [-0.15, -0.1) is 0 Å². The molecular weight excluding hydrogens is 839 g/mol. The van der Waals surface area contributed by atoms with Crippen LogP contribution in [0.2, 0.25) is 0 Å². The van der Waals surface area contributed by atoms with E-state index in [1.165, 1.54) is 64.2 Å². The number of amides is 1. The van der Waals surface area contributed by atoms with Crippen molar-refractivity contribution in [1.29, 1.82) is 0 Å². The lowest BCUT2D eigenvalue weighted by Gasteiger charge is -2.46. The van der Waals surface area contributed by atoms with Crippen LogP contribution in [0.1, 0.15) is 140 Å². The molecule has 1 heterocycles. The summed E-state index contributed by atoms with van der Waals surface area (Å²) < 4.78 is 40.0. The van der Waals surface area contributed by atoms with Crippen LogP contribution in [-0.2, 0) is 54.8 Å². The summed E-state index contributed by atoms with van der Waals surface area (Å²) in [7, 11) is 0. The van der Waals surface area contributed by atoms with Gasteiger partial charge in [0, 0.05) is 0 Å². The Morgan fingerprint density at radius 1 is 0.612 bits per heavy atom. The summed E-state index contributed by atoms with van der Waals surface area (Å²) in [6.45, 7) is 9.40. The number of hydrogen-bond acceptors (Lipinski definition) is 8. The van der Waals surface area contributed by atoms with Gasteiger partial charge >= 0.3 is 6.09 Å². The highest BCUT2D eigenvalue weighted by molar-refractivity contribution is 5.68. The second-order valence-corrected chi connectivity index (χ2v) is 19.1. The summed E-state index contributed by atoms with van der Waals surface area (Å²) >= 11 is 0. The van der Waals surface area contributed by atoms with Crippen molar-refractivity contribution in [3.8, 4) is 0 Å². The van der Waals surface area contributed by atoms with Gasteiger partial charge in [0.2, 0.25) is 0 Å². The SMILES string of the molecule is CCCCCCCCCCCCC/C=C/[C@@H](O)[C@H](CC[C@@H]1O[C@H](COCc2ccccc2)[C@H](OCc2ccccc2)[C@H](OCc2ccccc2)[C@H]1OCc1ccccc1)NC(=O)OC(C)(C)C. The first-order valence-electron chi connectivity index (χ1n) is 25.3. The minimum atomic E-state index is -0.954. The predicted molar refractivity (Wildman–Crippen MR) is 268 cm³/mol. The van der Waals surface area contributed by atoms with Gasteiger partial charge in [-0.3, -0.25) is 0 Å². The van der Waals surface area contributed by atoms with Gasteiger partial charge in [-0.1, -0.05) is 205 Å². The van der Waals surface area contributed by atoms with Crippen molar-refractivity contribution in [3.63, 3.8) is 0 Å². The smallest absolute Gasteiger partial charge is 0.407 e. The average Bonchev–Trinajstić information content (AvgIpc) is 3.33. The molecule has 2 N–H and O–H groups in total. The van der Waals surface area contributed by atoms with Gasteiger partial charge in [0.05, 0.1) is 51.3 Å². The maximum Gasteiger partial charge on any atom is 0.407 e. The predicted octanol–water partition coefficient (Wildman–Crippen LogP) is 13.0. The Labute approximate surface area is 403 Å². The quantitative estimate of drug-likeness (QED) is 0.0380. The lowest BCUT2D eigenvalue weighted by Crippen LogP contribution is -2.61. The van der Waals surface area contributed by atoms with Crippen LogP contribution < -0.4 is 5.32 Å². The topological polar surface area (TPSA) is 105 Å². The number of unbranched alkanes of at least 4 members (excludes halogenated alkanes) is 11. The highest BCUT2D eigenvalue weighted by Gasteiger charge is 2.48. The van der Waals surface area contributed by atoms with E-state index in [2.05, 4.69) is 24.4 Å². The van der Waals surface area contributed by atoms with Crippen LogP contribution in [0.3, 0.4) is 0 Å². The van der Waals surface area contributed by atoms with Gasteiger partial charge in [0.25, 0.3) is 0 Å². The van der Waals surface area contributed by atoms with E-state index in [4.69, 9.17) is 28.4 Å². The molecule has 0 spiro atoms. The number of aliphatic hydroxyl groups excluding tert-OH is 1. The molecule has 0 aliphatic carbocycles. The fourth-order valence-corrected chi connectivity index (χ4v) is 8.54. The third-order valence-electron chi connectivity index (χ3n) is 12.2. The molecule has 4 aromatic carbocycles. The molecule has 0 unspecified atom stereocenters. The first-order chi connectivity index (χ1) is 32.7. The largest absolute Gasteiger partial charge is 0.444 e. The molecule has 4 aromatic rings. The number of carbonyl (C=O) groups is 1. The van der Waals surface area contributed by atoms with Crippen LogP contribution in [0.4, 0.5) is 4.79 Å². The fourth-order valence-electron chi connectivity index (χ4n) is 8.54. The molecule has 0 saturated carbocycles. The van der Waals surface area contributed by atoms with Crippen molar-refractivity contribution in [2.75, 3.05) is 6.61 Å². The summed E-state index contributed by atoms with van der Waals surface area (Å²) in [5, 5.41) is 14.8. The van der Waals surface area contributed by atoms with Gasteiger partial charge in [0.1, 0.15) is 30.0 Å². The van der Waals surface area contributed by atoms with E-state index in [0.29, 0.717) is 39.3 Å². The van der Waals surface area contributed by atoms with E-state index in [0.717, 1.165) is 35.1 Å². The molecule has 1 fully saturated rings. The zero-order valence-electron chi connectivity index (χ0n) is 41.0. The Morgan fingerprint density at radius 3 is 1.52 bits per heavy atom. The first kappa shape index (κ1) is 53.6. The molecule has 1 aliphatic rings. The van der Waals surface area contributed by atoms with Crippen molar-refractivity contribution in [2.45, 2.75) is 192 Å². The Balaban J connectivity index is 1.36. The monoisotopic (exact) mass is 920 g/mol. The third-order valence-corrected chi connectivity index (χ3v) is 12.2. The molecule has 0 radical (unpaired) electrons. The second-order valence-electron chi connectivity index (χ2n) is 19.1. The molecule has 1 amide bonds. The summed E-state index contributed by atoms with van der Waals surface area (Å²) in [5.74, 6) is 0. The zero-order chi connectivity index (χ0) is 47.4. The maximum atomic E-state index is 13.4. The summed E-state index contributed by atoms with van der Waals surface area (Å²) in [6, 6.07) is 39.7. The first-order valence-corrected chi connectivity index (χ1v) is 25.3. The Morgan fingerprint density at radius 2 is 1.04 bits per heavy atom. The number of ether oxygens (including phenoxy) is 6. The Bertz CT molecular complexity index is 1890. The minimum absolute atomic E-state index is 0.242. The number of alkyl carbamates (subject to hydrolysis) is 1. The van der Waals surface area contributed by atoms with Crippen molar-refractivity contribution in [3.05, 3.63) is 156 Å². The van der Waals surface area contributed by atoms with Crippen molar-refractivity contribution < 1.29 is 38.3 Å². The molecule has 9 heteroatoms. The van der Waals surface area contributed by atoms with Gasteiger partial charge < -0.3 is 38.8 Å². The fraction of sp³-hybridized carbons (Fsp3) is 0.534. The molecule has 7 atom stereocenters. The molecule has 366 valence electrons. The van der Waals surface area contributed by atoms with Crippen LogP contribution in [-0.4, -0.2) is 66.1 Å². The Kier molecular flexibility index (Phi) is 24.7. The molecular formula is C58H81NO8. The van der Waals surface area contributed by atoms with E-state index >= 15 is 0 Å².